The number of benzene rings is 2. The molecule has 38 heavy (non-hydrogen) atoms. The van der Waals surface area contributed by atoms with Gasteiger partial charge in [-0.3, -0.25) is 4.90 Å². The third kappa shape index (κ3) is 7.03. The molecule has 2 saturated heterocycles. The normalized spacial score (nSPS) is 16.1. The Bertz CT molecular complexity index is 1470. The number of hydrogen-bond acceptors (Lipinski definition) is 5. The summed E-state index contributed by atoms with van der Waals surface area (Å²) in [6.07, 6.45) is 1.20. The quantitative estimate of drug-likeness (QED) is 0.444. The Morgan fingerprint density at radius 2 is 1.55 bits per heavy atom. The minimum atomic E-state index is -3.70. The van der Waals surface area contributed by atoms with Gasteiger partial charge < -0.3 is 4.74 Å². The van der Waals surface area contributed by atoms with Crippen molar-refractivity contribution in [2.24, 2.45) is 0 Å². The highest BCUT2D eigenvalue weighted by Crippen LogP contribution is 2.38. The Morgan fingerprint density at radius 3 is 2.08 bits per heavy atom. The summed E-state index contributed by atoms with van der Waals surface area (Å²) in [6, 6.07) is 15.7. The van der Waals surface area contributed by atoms with E-state index in [1.54, 1.807) is 13.8 Å². The molecule has 2 aromatic carbocycles. The zero-order valence-corrected chi connectivity index (χ0v) is 22.3. The van der Waals surface area contributed by atoms with E-state index in [1.165, 1.54) is 28.6 Å². The monoisotopic (exact) mass is 524 g/mol. The summed E-state index contributed by atoms with van der Waals surface area (Å²) < 4.78 is 34.1. The predicted molar refractivity (Wildman–Crippen MR) is 146 cm³/mol. The summed E-state index contributed by atoms with van der Waals surface area (Å²) in [7, 11) is -3.70. The molecule has 7 nitrogen and oxygen atoms in total. The summed E-state index contributed by atoms with van der Waals surface area (Å²) in [5, 5.41) is 8.93. The van der Waals surface area contributed by atoms with Crippen molar-refractivity contribution in [2.75, 3.05) is 26.2 Å². The lowest BCUT2D eigenvalue weighted by molar-refractivity contribution is -0.0917. The van der Waals surface area contributed by atoms with Crippen LogP contribution in [0.25, 0.3) is 4.85 Å². The molecule has 0 bridgehead atoms. The lowest BCUT2D eigenvalue weighted by Gasteiger charge is -2.42. The van der Waals surface area contributed by atoms with Crippen LogP contribution in [0.15, 0.2) is 53.4 Å². The van der Waals surface area contributed by atoms with E-state index >= 15 is 0 Å². The van der Waals surface area contributed by atoms with E-state index in [2.05, 4.69) is 51.3 Å². The highest BCUT2D eigenvalue weighted by atomic mass is 32.2. The van der Waals surface area contributed by atoms with Crippen LogP contribution in [0.5, 0.6) is 0 Å². The van der Waals surface area contributed by atoms with Crippen molar-refractivity contribution in [1.29, 1.82) is 5.26 Å². The molecule has 0 atom stereocenters. The molecule has 4 rings (SSSR count). The first-order valence-corrected chi connectivity index (χ1v) is 13.5. The second-order valence-electron chi connectivity index (χ2n) is 8.56. The van der Waals surface area contributed by atoms with Crippen molar-refractivity contribution < 1.29 is 13.2 Å². The third-order valence-corrected chi connectivity index (χ3v) is 8.20. The van der Waals surface area contributed by atoms with E-state index in [0.717, 1.165) is 25.2 Å². The fraction of sp³-hybridized carbons (Fsp3) is 0.333. The van der Waals surface area contributed by atoms with Crippen molar-refractivity contribution in [1.82, 2.24) is 9.21 Å². The summed E-state index contributed by atoms with van der Waals surface area (Å²) >= 11 is 0. The summed E-state index contributed by atoms with van der Waals surface area (Å²) in [4.78, 5) is 5.80. The molecule has 0 aliphatic carbocycles. The number of piperidine rings is 1. The van der Waals surface area contributed by atoms with Gasteiger partial charge in [-0.1, -0.05) is 48.2 Å². The zero-order valence-electron chi connectivity index (χ0n) is 21.5. The molecule has 1 spiro atoms. The SMILES string of the molecule is CC#CC#CC#CC.[C-]#[N+]c1ccc(S(=O)(=O)N2CCOC23CCN(Cc2ccc(C#N)cc2)CC3)cc1. The van der Waals surface area contributed by atoms with Gasteiger partial charge in [0.15, 0.2) is 5.69 Å². The molecule has 0 saturated carbocycles. The number of nitrogens with zero attached hydrogens (tertiary/aromatic N) is 4. The molecule has 2 heterocycles. The maximum atomic E-state index is 13.3. The number of sulfonamides is 1. The van der Waals surface area contributed by atoms with Crippen molar-refractivity contribution in [3.05, 3.63) is 71.1 Å². The molecule has 0 amide bonds. The molecule has 2 aromatic rings. The number of nitriles is 1. The van der Waals surface area contributed by atoms with Crippen LogP contribution < -0.4 is 0 Å². The van der Waals surface area contributed by atoms with Crippen LogP contribution >= 0.6 is 0 Å². The van der Waals surface area contributed by atoms with Crippen LogP contribution in [0, 0.1) is 53.4 Å². The first-order chi connectivity index (χ1) is 18.4. The molecule has 2 aliphatic heterocycles. The second kappa shape index (κ2) is 13.5. The Morgan fingerprint density at radius 1 is 0.947 bits per heavy atom. The summed E-state index contributed by atoms with van der Waals surface area (Å²) in [6.45, 7) is 13.5. The average molecular weight is 525 g/mol. The molecule has 2 fully saturated rings. The van der Waals surface area contributed by atoms with Gasteiger partial charge >= 0.3 is 0 Å². The van der Waals surface area contributed by atoms with E-state index in [-0.39, 0.29) is 4.90 Å². The van der Waals surface area contributed by atoms with E-state index in [0.29, 0.717) is 37.2 Å². The molecule has 0 N–H and O–H groups in total. The summed E-state index contributed by atoms with van der Waals surface area (Å²) in [5.41, 5.74) is 1.37. The van der Waals surface area contributed by atoms with Gasteiger partial charge in [0.2, 0.25) is 10.0 Å². The lowest BCUT2D eigenvalue weighted by atomic mass is 10.00. The van der Waals surface area contributed by atoms with Gasteiger partial charge in [-0.25, -0.2) is 13.3 Å². The smallest absolute Gasteiger partial charge is 0.245 e. The van der Waals surface area contributed by atoms with Crippen LogP contribution in [-0.2, 0) is 21.3 Å². The first kappa shape index (κ1) is 28.5. The minimum absolute atomic E-state index is 0.194. The Kier molecular flexibility index (Phi) is 10.1. The highest BCUT2D eigenvalue weighted by Gasteiger charge is 2.50. The van der Waals surface area contributed by atoms with Crippen LogP contribution in [0.2, 0.25) is 0 Å². The van der Waals surface area contributed by atoms with Gasteiger partial charge in [0, 0.05) is 39.0 Å². The van der Waals surface area contributed by atoms with Crippen molar-refractivity contribution in [3.8, 4) is 41.6 Å². The van der Waals surface area contributed by atoms with Gasteiger partial charge in [0.1, 0.15) is 5.72 Å². The van der Waals surface area contributed by atoms with Gasteiger partial charge in [0.05, 0.1) is 29.7 Å². The van der Waals surface area contributed by atoms with E-state index < -0.39 is 15.7 Å². The third-order valence-electron chi connectivity index (χ3n) is 6.24. The topological polar surface area (TPSA) is 78.0 Å². The predicted octanol–water partition coefficient (Wildman–Crippen LogP) is 4.16. The van der Waals surface area contributed by atoms with Crippen LogP contribution in [0.4, 0.5) is 5.69 Å². The molecular formula is C30H28N4O3S. The molecule has 0 unspecified atom stereocenters. The van der Waals surface area contributed by atoms with Crippen LogP contribution in [0.3, 0.4) is 0 Å². The van der Waals surface area contributed by atoms with Gasteiger partial charge in [-0.05, 0) is 55.2 Å². The summed E-state index contributed by atoms with van der Waals surface area (Å²) in [5.74, 6) is 15.5. The Hall–Kier alpha value is -4.07. The van der Waals surface area contributed by atoms with Crippen LogP contribution in [0.1, 0.15) is 37.8 Å². The van der Waals surface area contributed by atoms with E-state index in [4.69, 9.17) is 16.6 Å². The van der Waals surface area contributed by atoms with Crippen LogP contribution in [-0.4, -0.2) is 49.6 Å². The fourth-order valence-corrected chi connectivity index (χ4v) is 6.06. The highest BCUT2D eigenvalue weighted by molar-refractivity contribution is 7.89. The van der Waals surface area contributed by atoms with E-state index in [1.807, 2.05) is 24.3 Å². The molecule has 0 aromatic heterocycles. The van der Waals surface area contributed by atoms with Crippen molar-refractivity contribution in [3.63, 3.8) is 0 Å². The fourth-order valence-electron chi connectivity index (χ4n) is 4.34. The molecule has 192 valence electrons. The largest absolute Gasteiger partial charge is 0.358 e. The number of rotatable bonds is 4. The van der Waals surface area contributed by atoms with Crippen molar-refractivity contribution in [2.45, 2.75) is 43.9 Å². The number of ether oxygens (including phenoxy) is 1. The Labute approximate surface area is 225 Å². The zero-order chi connectivity index (χ0) is 27.4. The average Bonchev–Trinajstić information content (AvgIpc) is 3.37. The number of hydrogen-bond donors (Lipinski definition) is 0. The first-order valence-electron chi connectivity index (χ1n) is 12.1. The molecule has 0 radical (unpaired) electrons. The number of likely N-dealkylation sites (tertiary alicyclic amines) is 1. The minimum Gasteiger partial charge on any atom is -0.358 e. The molecule has 8 heteroatoms. The van der Waals surface area contributed by atoms with Crippen molar-refractivity contribution >= 4 is 15.7 Å². The maximum Gasteiger partial charge on any atom is 0.245 e. The van der Waals surface area contributed by atoms with Gasteiger partial charge in [-0.15, -0.1) is 0 Å². The maximum absolute atomic E-state index is 13.3. The van der Waals surface area contributed by atoms with Gasteiger partial charge in [-0.2, -0.15) is 9.57 Å². The molecular weight excluding hydrogens is 496 g/mol. The lowest BCUT2D eigenvalue weighted by Crippen LogP contribution is -2.54. The van der Waals surface area contributed by atoms with Gasteiger partial charge in [0.25, 0.3) is 0 Å². The van der Waals surface area contributed by atoms with E-state index in [9.17, 15) is 8.42 Å². The standard InChI is InChI=1S/C22H22N4O3S.C8H6/c1-24-20-6-8-21(9-7-20)30(27,28)26-14-15-29-22(26)10-12-25(13-11-22)17-19-4-2-18(16-23)3-5-19;1-3-5-7-8-6-4-2/h2-9H,10-15,17H2;1-2H3. The second-order valence-corrected chi connectivity index (χ2v) is 10.4. The molecule has 2 aliphatic rings. The Balaban J connectivity index is 0.000000436.